The molecule has 7 heteroatoms. The number of sulfonamides is 1. The van der Waals surface area contributed by atoms with Gasteiger partial charge in [-0.2, -0.15) is 0 Å². The number of nitrogens with zero attached hydrogens (tertiary/aromatic N) is 2. The van der Waals surface area contributed by atoms with Crippen molar-refractivity contribution in [2.24, 2.45) is 0 Å². The SMILES string of the molecule is COc1ccc(S(=O)(=O)N(C)CCc2ccccn2)cc1Br. The number of aromatic nitrogens is 1. The van der Waals surface area contributed by atoms with Crippen LogP contribution >= 0.6 is 15.9 Å². The molecule has 1 aromatic carbocycles. The summed E-state index contributed by atoms with van der Waals surface area (Å²) < 4.78 is 32.1. The molecule has 0 aliphatic carbocycles. The summed E-state index contributed by atoms with van der Waals surface area (Å²) in [5.41, 5.74) is 0.862. The molecule has 0 atom stereocenters. The Hall–Kier alpha value is -1.44. The molecule has 0 saturated heterocycles. The molecule has 0 saturated carbocycles. The molecule has 0 fully saturated rings. The lowest BCUT2D eigenvalue weighted by Crippen LogP contribution is -2.29. The molecule has 0 unspecified atom stereocenters. The minimum atomic E-state index is -3.54. The van der Waals surface area contributed by atoms with Gasteiger partial charge in [-0.1, -0.05) is 6.07 Å². The van der Waals surface area contributed by atoms with E-state index in [1.54, 1.807) is 25.4 Å². The van der Waals surface area contributed by atoms with Crippen LogP contribution in [-0.2, 0) is 16.4 Å². The first-order valence-corrected chi connectivity index (χ1v) is 8.88. The maximum atomic E-state index is 12.5. The lowest BCUT2D eigenvalue weighted by Gasteiger charge is -2.17. The molecule has 0 radical (unpaired) electrons. The Balaban J connectivity index is 2.13. The monoisotopic (exact) mass is 384 g/mol. The zero-order valence-corrected chi connectivity index (χ0v) is 14.8. The minimum Gasteiger partial charge on any atom is -0.496 e. The van der Waals surface area contributed by atoms with Gasteiger partial charge in [0.25, 0.3) is 0 Å². The number of halogens is 1. The fraction of sp³-hybridized carbons (Fsp3) is 0.267. The number of methoxy groups -OCH3 is 1. The van der Waals surface area contributed by atoms with Crippen LogP contribution in [0.25, 0.3) is 0 Å². The third-order valence-electron chi connectivity index (χ3n) is 3.24. The normalized spacial score (nSPS) is 11.6. The van der Waals surface area contributed by atoms with Gasteiger partial charge in [0.1, 0.15) is 5.75 Å². The number of likely N-dealkylation sites (N-methyl/N-ethyl adjacent to an activating group) is 1. The van der Waals surface area contributed by atoms with Gasteiger partial charge in [0.05, 0.1) is 16.5 Å². The molecule has 0 bridgehead atoms. The van der Waals surface area contributed by atoms with E-state index in [1.807, 2.05) is 18.2 Å². The van der Waals surface area contributed by atoms with Crippen LogP contribution in [0.1, 0.15) is 5.69 Å². The smallest absolute Gasteiger partial charge is 0.242 e. The predicted octanol–water partition coefficient (Wildman–Crippen LogP) is 2.72. The first-order chi connectivity index (χ1) is 10.4. The van der Waals surface area contributed by atoms with Gasteiger partial charge in [-0.05, 0) is 46.3 Å². The highest BCUT2D eigenvalue weighted by Gasteiger charge is 2.21. The lowest BCUT2D eigenvalue weighted by atomic mass is 10.3. The van der Waals surface area contributed by atoms with Gasteiger partial charge in [0.2, 0.25) is 10.0 Å². The van der Waals surface area contributed by atoms with Crippen molar-refractivity contribution in [2.75, 3.05) is 20.7 Å². The maximum Gasteiger partial charge on any atom is 0.242 e. The quantitative estimate of drug-likeness (QED) is 0.767. The molecule has 2 rings (SSSR count). The number of pyridine rings is 1. The summed E-state index contributed by atoms with van der Waals surface area (Å²) in [6, 6.07) is 10.3. The Morgan fingerprint density at radius 2 is 2.05 bits per heavy atom. The predicted molar refractivity (Wildman–Crippen MR) is 88.5 cm³/mol. The van der Waals surface area contributed by atoms with Crippen LogP contribution in [0, 0.1) is 0 Å². The van der Waals surface area contributed by atoms with Crippen molar-refractivity contribution < 1.29 is 13.2 Å². The largest absolute Gasteiger partial charge is 0.496 e. The number of hydrogen-bond acceptors (Lipinski definition) is 4. The summed E-state index contributed by atoms with van der Waals surface area (Å²) >= 11 is 3.31. The zero-order valence-electron chi connectivity index (χ0n) is 12.4. The van der Waals surface area contributed by atoms with E-state index in [0.29, 0.717) is 23.2 Å². The van der Waals surface area contributed by atoms with Gasteiger partial charge in [-0.25, -0.2) is 12.7 Å². The summed E-state index contributed by atoms with van der Waals surface area (Å²) in [5, 5.41) is 0. The summed E-state index contributed by atoms with van der Waals surface area (Å²) in [6.07, 6.45) is 2.26. The highest BCUT2D eigenvalue weighted by molar-refractivity contribution is 9.10. The van der Waals surface area contributed by atoms with Crippen LogP contribution in [0.3, 0.4) is 0 Å². The highest BCUT2D eigenvalue weighted by atomic mass is 79.9. The van der Waals surface area contributed by atoms with E-state index in [1.165, 1.54) is 17.5 Å². The minimum absolute atomic E-state index is 0.226. The molecule has 0 amide bonds. The molecule has 2 aromatic rings. The molecule has 1 heterocycles. The van der Waals surface area contributed by atoms with Gasteiger partial charge >= 0.3 is 0 Å². The zero-order chi connectivity index (χ0) is 16.2. The Morgan fingerprint density at radius 1 is 1.27 bits per heavy atom. The van der Waals surface area contributed by atoms with Crippen LogP contribution < -0.4 is 4.74 Å². The average molecular weight is 385 g/mol. The number of benzene rings is 1. The third-order valence-corrected chi connectivity index (χ3v) is 5.71. The Bertz CT molecular complexity index is 736. The van der Waals surface area contributed by atoms with Crippen molar-refractivity contribution in [1.29, 1.82) is 0 Å². The Labute approximate surface area is 139 Å². The molecule has 5 nitrogen and oxygen atoms in total. The van der Waals surface area contributed by atoms with Crippen LogP contribution in [0.2, 0.25) is 0 Å². The van der Waals surface area contributed by atoms with Gasteiger partial charge in [0, 0.05) is 31.9 Å². The first-order valence-electron chi connectivity index (χ1n) is 6.65. The second kappa shape index (κ2) is 7.21. The molecule has 118 valence electrons. The molecular weight excluding hydrogens is 368 g/mol. The van der Waals surface area contributed by atoms with Crippen molar-refractivity contribution in [3.8, 4) is 5.75 Å². The Kier molecular flexibility index (Phi) is 5.55. The van der Waals surface area contributed by atoms with Crippen molar-refractivity contribution >= 4 is 26.0 Å². The van der Waals surface area contributed by atoms with Crippen molar-refractivity contribution in [3.05, 3.63) is 52.8 Å². The number of rotatable bonds is 6. The van der Waals surface area contributed by atoms with Crippen LogP contribution in [0.15, 0.2) is 52.0 Å². The molecule has 0 aliphatic rings. The molecular formula is C15H17BrN2O3S. The average Bonchev–Trinajstić information content (AvgIpc) is 2.53. The van der Waals surface area contributed by atoms with E-state index >= 15 is 0 Å². The van der Waals surface area contributed by atoms with E-state index in [2.05, 4.69) is 20.9 Å². The van der Waals surface area contributed by atoms with Crippen LogP contribution in [0.5, 0.6) is 5.75 Å². The lowest BCUT2D eigenvalue weighted by molar-refractivity contribution is 0.411. The van der Waals surface area contributed by atoms with Crippen LogP contribution in [0.4, 0.5) is 0 Å². The molecule has 22 heavy (non-hydrogen) atoms. The van der Waals surface area contributed by atoms with Gasteiger partial charge < -0.3 is 4.74 Å². The summed E-state index contributed by atoms with van der Waals surface area (Å²) in [7, 11) is -0.436. The second-order valence-corrected chi connectivity index (χ2v) is 7.59. The topological polar surface area (TPSA) is 59.5 Å². The van der Waals surface area contributed by atoms with Crippen molar-refractivity contribution in [3.63, 3.8) is 0 Å². The number of hydrogen-bond donors (Lipinski definition) is 0. The summed E-state index contributed by atoms with van der Waals surface area (Å²) in [4.78, 5) is 4.42. The standard InChI is InChI=1S/C15H17BrN2O3S/c1-18(10-8-12-5-3-4-9-17-12)22(19,20)13-6-7-15(21-2)14(16)11-13/h3-7,9,11H,8,10H2,1-2H3. The molecule has 0 aliphatic heterocycles. The van der Waals surface area contributed by atoms with Gasteiger partial charge in [-0.3, -0.25) is 4.98 Å². The van der Waals surface area contributed by atoms with Gasteiger partial charge in [0.15, 0.2) is 0 Å². The maximum absolute atomic E-state index is 12.5. The fourth-order valence-corrected chi connectivity index (χ4v) is 3.82. The molecule has 0 N–H and O–H groups in total. The van der Waals surface area contributed by atoms with E-state index in [9.17, 15) is 8.42 Å². The van der Waals surface area contributed by atoms with Crippen molar-refractivity contribution in [1.82, 2.24) is 9.29 Å². The fourth-order valence-electron chi connectivity index (χ4n) is 1.93. The third kappa shape index (κ3) is 3.85. The van der Waals surface area contributed by atoms with E-state index < -0.39 is 10.0 Å². The summed E-state index contributed by atoms with van der Waals surface area (Å²) in [5.74, 6) is 0.593. The van der Waals surface area contributed by atoms with E-state index in [4.69, 9.17) is 4.74 Å². The van der Waals surface area contributed by atoms with Crippen LogP contribution in [-0.4, -0.2) is 38.4 Å². The highest BCUT2D eigenvalue weighted by Crippen LogP contribution is 2.28. The molecule has 0 spiro atoms. The Morgan fingerprint density at radius 3 is 2.64 bits per heavy atom. The van der Waals surface area contributed by atoms with Gasteiger partial charge in [-0.15, -0.1) is 0 Å². The second-order valence-electron chi connectivity index (χ2n) is 4.69. The van der Waals surface area contributed by atoms with Crippen molar-refractivity contribution in [2.45, 2.75) is 11.3 Å². The molecule has 1 aromatic heterocycles. The number of ether oxygens (including phenoxy) is 1. The first kappa shape index (κ1) is 16.9. The summed E-state index contributed by atoms with van der Waals surface area (Å²) in [6.45, 7) is 0.364. The van der Waals surface area contributed by atoms with E-state index in [-0.39, 0.29) is 4.90 Å². The van der Waals surface area contributed by atoms with E-state index in [0.717, 1.165) is 5.69 Å².